The second kappa shape index (κ2) is 5.09. The van der Waals surface area contributed by atoms with Crippen molar-refractivity contribution >= 4 is 23.4 Å². The van der Waals surface area contributed by atoms with E-state index in [1.54, 1.807) is 11.8 Å². The average Bonchev–Trinajstić information content (AvgIpc) is 2.28. The summed E-state index contributed by atoms with van der Waals surface area (Å²) in [6.07, 6.45) is 1.42. The van der Waals surface area contributed by atoms with Crippen LogP contribution in [-0.4, -0.2) is 15.0 Å². The largest absolute Gasteiger partial charge is 0.226 e. The number of hydrogen-bond donors (Lipinski definition) is 0. The van der Waals surface area contributed by atoms with Crippen molar-refractivity contribution in [3.8, 4) is 0 Å². The van der Waals surface area contributed by atoms with Gasteiger partial charge in [0, 0.05) is 5.75 Å². The van der Waals surface area contributed by atoms with Crippen LogP contribution in [0.4, 0.5) is 0 Å². The smallest absolute Gasteiger partial charge is 0.211 e. The highest BCUT2D eigenvalue weighted by molar-refractivity contribution is 7.98. The Morgan fingerprint density at radius 3 is 2.67 bits per heavy atom. The lowest BCUT2D eigenvalue weighted by Gasteiger charge is -1.99. The quantitative estimate of drug-likeness (QED) is 0.770. The molecule has 1 heterocycles. The predicted octanol–water partition coefficient (Wildman–Crippen LogP) is 2.82. The Morgan fingerprint density at radius 1 is 1.13 bits per heavy atom. The van der Waals surface area contributed by atoms with Crippen molar-refractivity contribution in [2.75, 3.05) is 0 Å². The summed E-state index contributed by atoms with van der Waals surface area (Å²) in [5, 5.41) is 0.888. The number of thioether (sulfide) groups is 1. The van der Waals surface area contributed by atoms with Crippen molar-refractivity contribution in [1.29, 1.82) is 0 Å². The van der Waals surface area contributed by atoms with Gasteiger partial charge in [0.25, 0.3) is 0 Å². The lowest BCUT2D eigenvalue weighted by atomic mass is 10.2. The summed E-state index contributed by atoms with van der Waals surface area (Å²) >= 11 is 7.19. The van der Waals surface area contributed by atoms with Crippen LogP contribution in [-0.2, 0) is 5.75 Å². The highest BCUT2D eigenvalue weighted by atomic mass is 35.5. The van der Waals surface area contributed by atoms with Crippen molar-refractivity contribution in [3.05, 3.63) is 47.5 Å². The summed E-state index contributed by atoms with van der Waals surface area (Å²) in [6, 6.07) is 10.1. The van der Waals surface area contributed by atoms with E-state index < -0.39 is 0 Å². The maximum absolute atomic E-state index is 5.65. The monoisotopic (exact) mass is 237 g/mol. The van der Waals surface area contributed by atoms with Crippen molar-refractivity contribution in [1.82, 2.24) is 15.0 Å². The summed E-state index contributed by atoms with van der Waals surface area (Å²) in [6.45, 7) is 0. The van der Waals surface area contributed by atoms with E-state index in [1.165, 1.54) is 11.9 Å². The molecule has 5 heteroatoms. The van der Waals surface area contributed by atoms with Gasteiger partial charge < -0.3 is 0 Å². The molecule has 0 bridgehead atoms. The average molecular weight is 238 g/mol. The number of rotatable bonds is 3. The van der Waals surface area contributed by atoms with E-state index >= 15 is 0 Å². The van der Waals surface area contributed by atoms with Crippen molar-refractivity contribution in [3.63, 3.8) is 0 Å². The van der Waals surface area contributed by atoms with E-state index in [1.807, 2.05) is 18.2 Å². The van der Waals surface area contributed by atoms with Crippen molar-refractivity contribution in [2.24, 2.45) is 0 Å². The molecule has 0 aliphatic carbocycles. The third kappa shape index (κ3) is 3.18. The Balaban J connectivity index is 1.99. The molecule has 15 heavy (non-hydrogen) atoms. The van der Waals surface area contributed by atoms with Crippen LogP contribution in [0.3, 0.4) is 0 Å². The lowest BCUT2D eigenvalue weighted by Crippen LogP contribution is -1.89. The van der Waals surface area contributed by atoms with Crippen LogP contribution in [0, 0.1) is 0 Å². The molecule has 0 radical (unpaired) electrons. The van der Waals surface area contributed by atoms with Gasteiger partial charge in [0.2, 0.25) is 5.28 Å². The van der Waals surface area contributed by atoms with Crippen molar-refractivity contribution in [2.45, 2.75) is 10.9 Å². The predicted molar refractivity (Wildman–Crippen MR) is 60.8 cm³/mol. The first-order chi connectivity index (χ1) is 7.34. The molecule has 2 rings (SSSR count). The fourth-order valence-electron chi connectivity index (χ4n) is 1.05. The molecule has 76 valence electrons. The van der Waals surface area contributed by atoms with Gasteiger partial charge in [-0.3, -0.25) is 0 Å². The highest BCUT2D eigenvalue weighted by Gasteiger charge is 1.99. The van der Waals surface area contributed by atoms with Gasteiger partial charge in [0.1, 0.15) is 6.33 Å². The van der Waals surface area contributed by atoms with E-state index in [9.17, 15) is 0 Å². The van der Waals surface area contributed by atoms with Crippen LogP contribution in [0.25, 0.3) is 0 Å². The summed E-state index contributed by atoms with van der Waals surface area (Å²) in [5.74, 6) is 0.835. The first kappa shape index (κ1) is 10.4. The van der Waals surface area contributed by atoms with Gasteiger partial charge in [-0.15, -0.1) is 0 Å². The molecule has 2 aromatic rings. The molecule has 0 atom stereocenters. The first-order valence-corrected chi connectivity index (χ1v) is 5.72. The Bertz CT molecular complexity index is 436. The molecule has 0 aliphatic rings. The summed E-state index contributed by atoms with van der Waals surface area (Å²) in [4.78, 5) is 11.7. The molecule has 0 unspecified atom stereocenters. The topological polar surface area (TPSA) is 38.7 Å². The van der Waals surface area contributed by atoms with E-state index in [0.29, 0.717) is 5.16 Å². The third-order valence-electron chi connectivity index (χ3n) is 1.73. The standard InChI is InChI=1S/C10H8ClN3S/c11-9-12-7-13-10(14-9)15-6-8-4-2-1-3-5-8/h1-5,7H,6H2. The number of hydrogen-bond acceptors (Lipinski definition) is 4. The normalized spacial score (nSPS) is 10.2. The van der Waals surface area contributed by atoms with Crippen LogP contribution in [0.15, 0.2) is 41.8 Å². The maximum atomic E-state index is 5.65. The molecule has 0 aliphatic heterocycles. The third-order valence-corrected chi connectivity index (χ3v) is 2.85. The highest BCUT2D eigenvalue weighted by Crippen LogP contribution is 2.18. The van der Waals surface area contributed by atoms with E-state index in [-0.39, 0.29) is 5.28 Å². The molecular formula is C10H8ClN3S. The first-order valence-electron chi connectivity index (χ1n) is 4.36. The zero-order chi connectivity index (χ0) is 10.5. The zero-order valence-electron chi connectivity index (χ0n) is 7.80. The molecule has 1 aromatic carbocycles. The molecule has 0 amide bonds. The molecule has 3 nitrogen and oxygen atoms in total. The van der Waals surface area contributed by atoms with E-state index in [4.69, 9.17) is 11.6 Å². The molecule has 0 saturated carbocycles. The minimum absolute atomic E-state index is 0.237. The van der Waals surface area contributed by atoms with Gasteiger partial charge in [-0.2, -0.15) is 4.98 Å². The number of nitrogens with zero attached hydrogens (tertiary/aromatic N) is 3. The van der Waals surface area contributed by atoms with Gasteiger partial charge in [-0.1, -0.05) is 42.1 Å². The van der Waals surface area contributed by atoms with Crippen LogP contribution in [0.1, 0.15) is 5.56 Å². The second-order valence-electron chi connectivity index (χ2n) is 2.81. The number of aromatic nitrogens is 3. The Morgan fingerprint density at radius 2 is 1.93 bits per heavy atom. The van der Waals surface area contributed by atoms with E-state index in [2.05, 4.69) is 27.1 Å². The fourth-order valence-corrected chi connectivity index (χ4v) is 1.99. The molecular weight excluding hydrogens is 230 g/mol. The van der Waals surface area contributed by atoms with Gasteiger partial charge in [0.15, 0.2) is 5.16 Å². The van der Waals surface area contributed by atoms with Gasteiger partial charge in [-0.25, -0.2) is 9.97 Å². The fraction of sp³-hybridized carbons (Fsp3) is 0.100. The van der Waals surface area contributed by atoms with Crippen molar-refractivity contribution < 1.29 is 0 Å². The van der Waals surface area contributed by atoms with Gasteiger partial charge in [0.05, 0.1) is 0 Å². The Hall–Kier alpha value is -1.13. The van der Waals surface area contributed by atoms with Crippen LogP contribution in [0.5, 0.6) is 0 Å². The van der Waals surface area contributed by atoms with Gasteiger partial charge in [-0.05, 0) is 17.2 Å². The molecule has 0 fully saturated rings. The number of halogens is 1. The van der Waals surface area contributed by atoms with Crippen LogP contribution >= 0.6 is 23.4 Å². The van der Waals surface area contributed by atoms with Crippen LogP contribution < -0.4 is 0 Å². The maximum Gasteiger partial charge on any atom is 0.226 e. The SMILES string of the molecule is Clc1ncnc(SCc2ccccc2)n1. The minimum atomic E-state index is 0.237. The zero-order valence-corrected chi connectivity index (χ0v) is 9.37. The lowest BCUT2D eigenvalue weighted by molar-refractivity contribution is 0.902. The summed E-state index contributed by atoms with van der Waals surface area (Å²) < 4.78 is 0. The molecule has 0 saturated heterocycles. The molecule has 0 spiro atoms. The van der Waals surface area contributed by atoms with Gasteiger partial charge >= 0.3 is 0 Å². The van der Waals surface area contributed by atoms with E-state index in [0.717, 1.165) is 5.75 Å². The number of benzene rings is 1. The molecule has 1 aromatic heterocycles. The summed E-state index contributed by atoms with van der Waals surface area (Å²) in [5.41, 5.74) is 1.24. The summed E-state index contributed by atoms with van der Waals surface area (Å²) in [7, 11) is 0. The minimum Gasteiger partial charge on any atom is -0.211 e. The Kier molecular flexibility index (Phi) is 3.53. The van der Waals surface area contributed by atoms with Crippen LogP contribution in [0.2, 0.25) is 5.28 Å². The molecule has 0 N–H and O–H groups in total. The second-order valence-corrected chi connectivity index (χ2v) is 4.09. The Labute approximate surface area is 96.9 Å².